The van der Waals surface area contributed by atoms with E-state index in [9.17, 15) is 18.0 Å². The molecule has 0 bridgehead atoms. The summed E-state index contributed by atoms with van der Waals surface area (Å²) < 4.78 is 48.2. The molecule has 1 aliphatic heterocycles. The van der Waals surface area contributed by atoms with Crippen molar-refractivity contribution in [3.8, 4) is 5.75 Å². The number of halogens is 3. The van der Waals surface area contributed by atoms with Crippen LogP contribution in [-0.4, -0.2) is 40.2 Å². The number of hydrogen-bond acceptors (Lipinski definition) is 5. The largest absolute Gasteiger partial charge is 0.481 e. The van der Waals surface area contributed by atoms with Gasteiger partial charge in [-0.15, -0.1) is 10.2 Å². The summed E-state index contributed by atoms with van der Waals surface area (Å²) in [6.07, 6.45) is -4.16. The van der Waals surface area contributed by atoms with Gasteiger partial charge in [0.1, 0.15) is 5.75 Å². The minimum Gasteiger partial charge on any atom is -0.481 e. The number of benzene rings is 1. The van der Waals surface area contributed by atoms with Gasteiger partial charge in [-0.3, -0.25) is 4.79 Å². The zero-order chi connectivity index (χ0) is 18.7. The SMILES string of the molecule is C[C@H](Oc1ccccc1)C(=O)N1CCC[C@H](c2nnc(C(F)(F)F)o2)C1. The highest BCUT2D eigenvalue weighted by atomic mass is 19.4. The van der Waals surface area contributed by atoms with Gasteiger partial charge in [-0.1, -0.05) is 18.2 Å². The molecule has 1 aromatic heterocycles. The van der Waals surface area contributed by atoms with Gasteiger partial charge in [0.2, 0.25) is 5.89 Å². The number of carbonyl (C=O) groups is 1. The van der Waals surface area contributed by atoms with Crippen LogP contribution in [0.5, 0.6) is 5.75 Å². The van der Waals surface area contributed by atoms with Crippen molar-refractivity contribution in [2.75, 3.05) is 13.1 Å². The molecule has 2 aromatic rings. The summed E-state index contributed by atoms with van der Waals surface area (Å²) in [6.45, 7) is 2.38. The molecular weight excluding hydrogens is 351 g/mol. The summed E-state index contributed by atoms with van der Waals surface area (Å²) >= 11 is 0. The Kier molecular flexibility index (Phi) is 5.15. The normalized spacial score (nSPS) is 19.2. The topological polar surface area (TPSA) is 68.5 Å². The smallest absolute Gasteiger partial charge is 0.470 e. The number of aromatic nitrogens is 2. The van der Waals surface area contributed by atoms with Crippen molar-refractivity contribution in [3.63, 3.8) is 0 Å². The molecule has 0 spiro atoms. The van der Waals surface area contributed by atoms with Crippen LogP contribution in [0, 0.1) is 0 Å². The van der Waals surface area contributed by atoms with Crippen molar-refractivity contribution in [3.05, 3.63) is 42.1 Å². The Balaban J connectivity index is 1.64. The van der Waals surface area contributed by atoms with Crippen LogP contribution in [0.4, 0.5) is 13.2 Å². The highest BCUT2D eigenvalue weighted by Crippen LogP contribution is 2.32. The number of ether oxygens (including phenoxy) is 1. The molecule has 1 fully saturated rings. The van der Waals surface area contributed by atoms with Gasteiger partial charge in [0.25, 0.3) is 5.91 Å². The van der Waals surface area contributed by atoms with E-state index in [1.807, 2.05) is 6.07 Å². The number of carbonyl (C=O) groups excluding carboxylic acids is 1. The predicted octanol–water partition coefficient (Wildman–Crippen LogP) is 3.26. The Morgan fingerprint density at radius 3 is 2.69 bits per heavy atom. The number of rotatable bonds is 4. The van der Waals surface area contributed by atoms with Crippen molar-refractivity contribution in [2.45, 2.75) is 38.0 Å². The second-order valence-corrected chi connectivity index (χ2v) is 6.14. The monoisotopic (exact) mass is 369 g/mol. The molecule has 140 valence electrons. The maximum atomic E-state index is 12.6. The van der Waals surface area contributed by atoms with Crippen LogP contribution in [0.25, 0.3) is 0 Å². The van der Waals surface area contributed by atoms with Crippen LogP contribution in [0.15, 0.2) is 34.7 Å². The van der Waals surface area contributed by atoms with Gasteiger partial charge in [-0.2, -0.15) is 13.2 Å². The van der Waals surface area contributed by atoms with E-state index in [1.54, 1.807) is 36.1 Å². The molecule has 1 aliphatic rings. The number of amides is 1. The van der Waals surface area contributed by atoms with Crippen molar-refractivity contribution >= 4 is 5.91 Å². The van der Waals surface area contributed by atoms with Gasteiger partial charge in [0.05, 0.1) is 5.92 Å². The second kappa shape index (κ2) is 7.35. The minimum absolute atomic E-state index is 0.0912. The van der Waals surface area contributed by atoms with Gasteiger partial charge in [0.15, 0.2) is 6.10 Å². The molecule has 0 unspecified atom stereocenters. The van der Waals surface area contributed by atoms with E-state index in [-0.39, 0.29) is 18.3 Å². The Hall–Kier alpha value is -2.58. The second-order valence-electron chi connectivity index (χ2n) is 6.14. The lowest BCUT2D eigenvalue weighted by Crippen LogP contribution is -2.45. The van der Waals surface area contributed by atoms with Crippen LogP contribution < -0.4 is 4.74 Å². The lowest BCUT2D eigenvalue weighted by molar-refractivity contribution is -0.158. The minimum atomic E-state index is -4.67. The fourth-order valence-electron chi connectivity index (χ4n) is 2.90. The Labute approximate surface area is 148 Å². The fraction of sp³-hybridized carbons (Fsp3) is 0.471. The van der Waals surface area contributed by atoms with E-state index >= 15 is 0 Å². The molecule has 2 heterocycles. The molecule has 1 aromatic carbocycles. The highest BCUT2D eigenvalue weighted by Gasteiger charge is 2.39. The van der Waals surface area contributed by atoms with E-state index in [1.165, 1.54) is 0 Å². The Bertz CT molecular complexity index is 748. The molecule has 1 amide bonds. The fourth-order valence-corrected chi connectivity index (χ4v) is 2.90. The number of alkyl halides is 3. The third-order valence-corrected chi connectivity index (χ3v) is 4.17. The Morgan fingerprint density at radius 1 is 1.31 bits per heavy atom. The van der Waals surface area contributed by atoms with E-state index in [0.717, 1.165) is 0 Å². The molecule has 26 heavy (non-hydrogen) atoms. The number of hydrogen-bond donors (Lipinski definition) is 0. The van der Waals surface area contributed by atoms with Gasteiger partial charge in [-0.05, 0) is 31.9 Å². The molecule has 9 heteroatoms. The average molecular weight is 369 g/mol. The summed E-state index contributed by atoms with van der Waals surface area (Å²) in [4.78, 5) is 14.2. The van der Waals surface area contributed by atoms with E-state index in [0.29, 0.717) is 25.1 Å². The first-order valence-electron chi connectivity index (χ1n) is 8.25. The molecular formula is C17H18F3N3O3. The van der Waals surface area contributed by atoms with Crippen molar-refractivity contribution in [1.29, 1.82) is 0 Å². The molecule has 1 saturated heterocycles. The third kappa shape index (κ3) is 4.14. The summed E-state index contributed by atoms with van der Waals surface area (Å²) in [6, 6.07) is 8.95. The van der Waals surface area contributed by atoms with Crippen molar-refractivity contribution in [2.24, 2.45) is 0 Å². The maximum absolute atomic E-state index is 12.6. The van der Waals surface area contributed by atoms with E-state index in [4.69, 9.17) is 9.15 Å². The number of nitrogens with zero attached hydrogens (tertiary/aromatic N) is 3. The van der Waals surface area contributed by atoms with Crippen LogP contribution >= 0.6 is 0 Å². The third-order valence-electron chi connectivity index (χ3n) is 4.17. The molecule has 0 radical (unpaired) electrons. The first-order chi connectivity index (χ1) is 12.3. The number of para-hydroxylation sites is 1. The van der Waals surface area contributed by atoms with Crippen LogP contribution in [-0.2, 0) is 11.0 Å². The zero-order valence-corrected chi connectivity index (χ0v) is 14.1. The highest BCUT2D eigenvalue weighted by molar-refractivity contribution is 5.81. The van der Waals surface area contributed by atoms with E-state index < -0.39 is 24.1 Å². The lowest BCUT2D eigenvalue weighted by atomic mass is 9.97. The predicted molar refractivity (Wildman–Crippen MR) is 84.4 cm³/mol. The van der Waals surface area contributed by atoms with Crippen LogP contribution in [0.2, 0.25) is 0 Å². The van der Waals surface area contributed by atoms with Crippen LogP contribution in [0.1, 0.15) is 37.5 Å². The standard InChI is InChI=1S/C17H18F3N3O3/c1-11(25-13-7-3-2-4-8-13)15(24)23-9-5-6-12(10-23)14-21-22-16(26-14)17(18,19)20/h2-4,7-8,11-12H,5-6,9-10H2,1H3/t11-,12-/m0/s1. The summed E-state index contributed by atoms with van der Waals surface area (Å²) in [5, 5.41) is 6.56. The maximum Gasteiger partial charge on any atom is 0.470 e. The molecule has 0 aliphatic carbocycles. The molecule has 3 rings (SSSR count). The zero-order valence-electron chi connectivity index (χ0n) is 14.1. The van der Waals surface area contributed by atoms with Crippen molar-refractivity contribution in [1.82, 2.24) is 15.1 Å². The lowest BCUT2D eigenvalue weighted by Gasteiger charge is -2.32. The van der Waals surface area contributed by atoms with Gasteiger partial charge in [-0.25, -0.2) is 0 Å². The number of piperidine rings is 1. The molecule has 0 N–H and O–H groups in total. The summed E-state index contributed by atoms with van der Waals surface area (Å²) in [5.74, 6) is -1.52. The van der Waals surface area contributed by atoms with Gasteiger partial charge >= 0.3 is 12.1 Å². The van der Waals surface area contributed by atoms with E-state index in [2.05, 4.69) is 10.2 Å². The van der Waals surface area contributed by atoms with Crippen molar-refractivity contribution < 1.29 is 27.1 Å². The first-order valence-corrected chi connectivity index (χ1v) is 8.25. The molecule has 6 nitrogen and oxygen atoms in total. The summed E-state index contributed by atoms with van der Waals surface area (Å²) in [5.41, 5.74) is 0. The molecule has 0 saturated carbocycles. The summed E-state index contributed by atoms with van der Waals surface area (Å²) in [7, 11) is 0. The van der Waals surface area contributed by atoms with Crippen LogP contribution in [0.3, 0.4) is 0 Å². The quantitative estimate of drug-likeness (QED) is 0.827. The Morgan fingerprint density at radius 2 is 2.04 bits per heavy atom. The average Bonchev–Trinajstić information content (AvgIpc) is 3.12. The number of likely N-dealkylation sites (tertiary alicyclic amines) is 1. The first kappa shape index (κ1) is 18.2. The van der Waals surface area contributed by atoms with Gasteiger partial charge in [0, 0.05) is 13.1 Å². The van der Waals surface area contributed by atoms with Gasteiger partial charge < -0.3 is 14.1 Å². The molecule has 2 atom stereocenters.